The molecule has 0 aromatic heterocycles. The van der Waals surface area contributed by atoms with Crippen molar-refractivity contribution in [3.05, 3.63) is 94.6 Å². The van der Waals surface area contributed by atoms with Gasteiger partial charge in [-0.25, -0.2) is 13.2 Å². The van der Waals surface area contributed by atoms with Gasteiger partial charge in [0.2, 0.25) is 6.41 Å². The molecule has 1 heterocycles. The Morgan fingerprint density at radius 2 is 1.77 bits per heavy atom. The summed E-state index contributed by atoms with van der Waals surface area (Å²) in [7, 11) is 2.05. The molecular formula is C34H45F3N4O2. The van der Waals surface area contributed by atoms with E-state index in [1.54, 1.807) is 36.4 Å². The molecule has 6 nitrogen and oxygen atoms in total. The van der Waals surface area contributed by atoms with Crippen LogP contribution in [-0.4, -0.2) is 32.3 Å². The number of aliphatic imine (C=N–C) groups is 1. The van der Waals surface area contributed by atoms with Crippen molar-refractivity contribution in [3.8, 4) is 6.07 Å². The molecule has 1 amide bonds. The molecule has 1 aliphatic carbocycles. The predicted molar refractivity (Wildman–Crippen MR) is 167 cm³/mol. The Labute approximate surface area is 254 Å². The molecule has 0 radical (unpaired) electrons. The molecule has 1 atom stereocenters. The van der Waals surface area contributed by atoms with Crippen LogP contribution in [0, 0.1) is 17.1 Å². The van der Waals surface area contributed by atoms with E-state index < -0.39 is 22.8 Å². The molecule has 0 unspecified atom stereocenters. The number of rotatable bonds is 8. The van der Waals surface area contributed by atoms with Gasteiger partial charge in [0, 0.05) is 31.2 Å². The third-order valence-corrected chi connectivity index (χ3v) is 6.76. The largest absolute Gasteiger partial charge is 0.496 e. The minimum absolute atomic E-state index is 0.0251. The van der Waals surface area contributed by atoms with Crippen LogP contribution < -0.4 is 10.6 Å². The lowest BCUT2D eigenvalue weighted by Crippen LogP contribution is -2.45. The van der Waals surface area contributed by atoms with Crippen LogP contribution in [0.3, 0.4) is 0 Å². The third-order valence-electron chi connectivity index (χ3n) is 6.76. The third kappa shape index (κ3) is 11.4. The van der Waals surface area contributed by atoms with Crippen LogP contribution in [0.25, 0.3) is 0 Å². The van der Waals surface area contributed by atoms with Gasteiger partial charge in [-0.15, -0.1) is 0 Å². The summed E-state index contributed by atoms with van der Waals surface area (Å²) in [5.74, 6) is -4.19. The summed E-state index contributed by atoms with van der Waals surface area (Å²) in [5, 5.41) is 15.2. The van der Waals surface area contributed by atoms with Crippen LogP contribution in [0.1, 0.15) is 82.6 Å². The molecule has 9 heteroatoms. The van der Waals surface area contributed by atoms with Crippen molar-refractivity contribution in [1.82, 2.24) is 10.6 Å². The maximum absolute atomic E-state index is 14.5. The molecule has 1 fully saturated rings. The number of halogens is 3. The van der Waals surface area contributed by atoms with Gasteiger partial charge in [-0.1, -0.05) is 52.7 Å². The van der Waals surface area contributed by atoms with E-state index in [-0.39, 0.29) is 24.3 Å². The molecule has 0 spiro atoms. The van der Waals surface area contributed by atoms with E-state index in [1.807, 2.05) is 33.8 Å². The Bertz CT molecular complexity index is 1260. The number of nitrogens with one attached hydrogen (secondary N) is 2. The van der Waals surface area contributed by atoms with Gasteiger partial charge in [-0.05, 0) is 73.5 Å². The molecule has 1 aliphatic heterocycles. The van der Waals surface area contributed by atoms with Crippen LogP contribution in [0.4, 0.5) is 13.2 Å². The molecule has 4 rings (SSSR count). The van der Waals surface area contributed by atoms with Gasteiger partial charge in [0.1, 0.15) is 18.0 Å². The van der Waals surface area contributed by atoms with Gasteiger partial charge in [0.15, 0.2) is 0 Å². The van der Waals surface area contributed by atoms with Crippen molar-refractivity contribution in [2.24, 2.45) is 4.99 Å². The zero-order valence-corrected chi connectivity index (χ0v) is 26.1. The summed E-state index contributed by atoms with van der Waals surface area (Å²) >= 11 is 0. The molecule has 2 aromatic rings. The Morgan fingerprint density at radius 1 is 1.09 bits per heavy atom. The molecule has 43 heavy (non-hydrogen) atoms. The van der Waals surface area contributed by atoms with Gasteiger partial charge in [-0.3, -0.25) is 9.79 Å². The van der Waals surface area contributed by atoms with E-state index in [2.05, 4.69) is 22.7 Å². The second-order valence-corrected chi connectivity index (χ2v) is 9.57. The first-order valence-corrected chi connectivity index (χ1v) is 14.8. The monoisotopic (exact) mass is 598 g/mol. The van der Waals surface area contributed by atoms with E-state index in [4.69, 9.17) is 4.74 Å². The topological polar surface area (TPSA) is 86.5 Å². The molecule has 2 N–H and O–H groups in total. The number of allylic oxidation sites excluding steroid dienone is 2. The molecule has 2 aliphatic rings. The Morgan fingerprint density at radius 3 is 2.35 bits per heavy atom. The maximum Gasteiger partial charge on any atom is 0.270 e. The number of nitrogens with zero attached hydrogens (tertiary/aromatic N) is 2. The van der Waals surface area contributed by atoms with Gasteiger partial charge >= 0.3 is 0 Å². The first-order chi connectivity index (χ1) is 20.7. The van der Waals surface area contributed by atoms with E-state index in [9.17, 15) is 23.2 Å². The Balaban J connectivity index is 0.000000717. The van der Waals surface area contributed by atoms with Gasteiger partial charge in [0.25, 0.3) is 5.92 Å². The molecule has 0 saturated heterocycles. The highest BCUT2D eigenvalue weighted by atomic mass is 19.3. The fraction of sp³-hybridized carbons (Fsp3) is 0.441. The van der Waals surface area contributed by atoms with E-state index in [1.165, 1.54) is 38.2 Å². The zero-order valence-electron chi connectivity index (χ0n) is 26.1. The lowest BCUT2D eigenvalue weighted by atomic mass is 9.79. The fourth-order valence-electron chi connectivity index (χ4n) is 4.73. The number of hydrogen-bond acceptors (Lipinski definition) is 5. The van der Waals surface area contributed by atoms with Crippen LogP contribution in [-0.2, 0) is 27.4 Å². The number of benzene rings is 2. The van der Waals surface area contributed by atoms with Crippen molar-refractivity contribution in [2.75, 3.05) is 13.7 Å². The summed E-state index contributed by atoms with van der Waals surface area (Å²) in [6, 6.07) is 12.5. The smallest absolute Gasteiger partial charge is 0.270 e. The van der Waals surface area contributed by atoms with Gasteiger partial charge in [0.05, 0.1) is 23.6 Å². The average Bonchev–Trinajstić information content (AvgIpc) is 3.53. The SMILES string of the molecule is CC.CC.CC(F)(F)c1cc(F)cc([C@](Cc2cccc(C#N)c2)(NC=O)/C2=C/C=C/OCC=N2)c1.CNC1CCCC1. The lowest BCUT2D eigenvalue weighted by molar-refractivity contribution is -0.111. The normalized spacial score (nSPS) is 17.5. The molecule has 234 valence electrons. The highest BCUT2D eigenvalue weighted by molar-refractivity contribution is 5.63. The van der Waals surface area contributed by atoms with E-state index in [0.29, 0.717) is 24.5 Å². The quantitative estimate of drug-likeness (QED) is 0.305. The van der Waals surface area contributed by atoms with Gasteiger partial charge < -0.3 is 15.4 Å². The van der Waals surface area contributed by atoms with Crippen molar-refractivity contribution < 1.29 is 22.7 Å². The van der Waals surface area contributed by atoms with E-state index >= 15 is 0 Å². The number of amides is 1. The van der Waals surface area contributed by atoms with Crippen LogP contribution in [0.2, 0.25) is 0 Å². The lowest BCUT2D eigenvalue weighted by Gasteiger charge is -2.35. The van der Waals surface area contributed by atoms with Crippen molar-refractivity contribution >= 4 is 12.6 Å². The minimum atomic E-state index is -3.31. The highest BCUT2D eigenvalue weighted by Gasteiger charge is 2.39. The summed E-state index contributed by atoms with van der Waals surface area (Å²) in [5.41, 5.74) is -0.679. The van der Waals surface area contributed by atoms with E-state index in [0.717, 1.165) is 24.2 Å². The van der Waals surface area contributed by atoms with Crippen molar-refractivity contribution in [3.63, 3.8) is 0 Å². The first-order valence-electron chi connectivity index (χ1n) is 14.8. The summed E-state index contributed by atoms with van der Waals surface area (Å²) in [6.07, 6.45) is 12.1. The summed E-state index contributed by atoms with van der Waals surface area (Å²) in [6.45, 7) is 8.82. The minimum Gasteiger partial charge on any atom is -0.496 e. The summed E-state index contributed by atoms with van der Waals surface area (Å²) < 4.78 is 47.9. The number of carbonyl (C=O) groups is 1. The van der Waals surface area contributed by atoms with Crippen LogP contribution in [0.5, 0.6) is 0 Å². The number of nitriles is 1. The van der Waals surface area contributed by atoms with Crippen molar-refractivity contribution in [2.45, 2.75) is 84.2 Å². The number of ether oxygens (including phenoxy) is 1. The maximum atomic E-state index is 14.5. The molecule has 2 aromatic carbocycles. The fourth-order valence-corrected chi connectivity index (χ4v) is 4.73. The number of hydrogen-bond donors (Lipinski definition) is 2. The Kier molecular flexibility index (Phi) is 16.7. The van der Waals surface area contributed by atoms with Crippen molar-refractivity contribution in [1.29, 1.82) is 5.26 Å². The number of carbonyl (C=O) groups excluding carboxylic acids is 1. The first kappa shape index (κ1) is 37.1. The number of alkyl halides is 2. The van der Waals surface area contributed by atoms with Crippen LogP contribution >= 0.6 is 0 Å². The molecule has 0 bridgehead atoms. The zero-order chi connectivity index (χ0) is 32.3. The second-order valence-electron chi connectivity index (χ2n) is 9.57. The highest BCUT2D eigenvalue weighted by Crippen LogP contribution is 2.38. The predicted octanol–water partition coefficient (Wildman–Crippen LogP) is 7.69. The standard InChI is InChI=1S/C24H20F3N3O2.C6H13N.2C2H6/c1-23(26,27)19-11-20(13-21(25)12-19)24(30-16-31,22-6-3-8-32-9-7-29-22)14-17-4-2-5-18(10-17)15-28;1-7-6-4-2-3-5-6;2*1-2/h2-8,10-13,16H,9,14H2,1H3,(H,30,31);6-7H,2-5H2,1H3;2*1-2H3/b8-3+,22-6-,29-7?;;;/t24-;;;/m0.../s1. The Hall–Kier alpha value is -3.90. The van der Waals surface area contributed by atoms with Crippen LogP contribution in [0.15, 0.2) is 71.6 Å². The van der Waals surface area contributed by atoms with Gasteiger partial charge in [-0.2, -0.15) is 5.26 Å². The average molecular weight is 599 g/mol. The second kappa shape index (κ2) is 19.3. The molecular weight excluding hydrogens is 553 g/mol. The molecule has 1 saturated carbocycles. The summed E-state index contributed by atoms with van der Waals surface area (Å²) in [4.78, 5) is 16.1.